The van der Waals surface area contributed by atoms with Crippen LogP contribution in [0.5, 0.6) is 0 Å². The number of unbranched alkanes of at least 4 members (excludes halogenated alkanes) is 2. The lowest BCUT2D eigenvalue weighted by molar-refractivity contribution is -0.321. The number of amides is 8. The van der Waals surface area contributed by atoms with Gasteiger partial charge in [0.25, 0.3) is 0 Å². The van der Waals surface area contributed by atoms with Crippen molar-refractivity contribution in [1.29, 1.82) is 0 Å². The van der Waals surface area contributed by atoms with Crippen molar-refractivity contribution in [2.75, 3.05) is 25.0 Å². The lowest BCUT2D eigenvalue weighted by Crippen LogP contribution is -2.70. The number of imide groups is 1. The van der Waals surface area contributed by atoms with E-state index < -0.39 is 115 Å². The Balaban J connectivity index is 1.57. The van der Waals surface area contributed by atoms with Crippen LogP contribution in [0.2, 0.25) is 0 Å². The molecule has 60 heavy (non-hydrogen) atoms. The SMILES string of the molecule is [3H]C1CC(=O)N(CCCCCC(=O)NC(C(=O)NC(CCCNC(N)=O)C(=O)Nc2ccc(COC(=O)N[C@H]3[C@H]([C@H](O)[C@H](O)CO)OC(C)(O)C(F)[C@@H]3O)cc2)C(C)C)C1=O. The molecule has 0 aromatic heterocycles. The molecule has 12 N–H and O–H groups in total. The van der Waals surface area contributed by atoms with Gasteiger partial charge < -0.3 is 67.3 Å². The van der Waals surface area contributed by atoms with Gasteiger partial charge in [-0.15, -0.1) is 0 Å². The van der Waals surface area contributed by atoms with Gasteiger partial charge in [0.1, 0.15) is 43.1 Å². The highest BCUT2D eigenvalue weighted by molar-refractivity contribution is 6.02. The first kappa shape index (κ1) is 47.7. The molecule has 2 fully saturated rings. The van der Waals surface area contributed by atoms with Crippen molar-refractivity contribution in [3.63, 3.8) is 0 Å². The summed E-state index contributed by atoms with van der Waals surface area (Å²) in [6.07, 6.45) is -10.9. The van der Waals surface area contributed by atoms with Crippen LogP contribution in [-0.4, -0.2) is 146 Å². The number of anilines is 1. The summed E-state index contributed by atoms with van der Waals surface area (Å²) in [6.45, 7) is 3.21. The number of nitrogens with zero attached hydrogens (tertiary/aromatic N) is 1. The number of halogens is 1. The summed E-state index contributed by atoms with van der Waals surface area (Å²) in [4.78, 5) is 88.5. The number of nitrogens with one attached hydrogen (secondary N) is 5. The lowest BCUT2D eigenvalue weighted by Gasteiger charge is -2.46. The Labute approximate surface area is 347 Å². The van der Waals surface area contributed by atoms with Crippen molar-refractivity contribution in [2.24, 2.45) is 11.7 Å². The van der Waals surface area contributed by atoms with E-state index in [9.17, 15) is 63.5 Å². The van der Waals surface area contributed by atoms with Gasteiger partial charge in [0.2, 0.25) is 29.5 Å². The van der Waals surface area contributed by atoms with Crippen molar-refractivity contribution in [2.45, 2.75) is 133 Å². The van der Waals surface area contributed by atoms with Gasteiger partial charge in [0.05, 0.1) is 12.6 Å². The molecule has 2 saturated heterocycles. The molecule has 336 valence electrons. The molecular weight excluding hydrogens is 797 g/mol. The van der Waals surface area contributed by atoms with Gasteiger partial charge in [-0.3, -0.25) is 28.9 Å². The Kier molecular flexibility index (Phi) is 18.4. The van der Waals surface area contributed by atoms with Gasteiger partial charge in [-0.2, -0.15) is 0 Å². The van der Waals surface area contributed by atoms with Crippen molar-refractivity contribution in [3.8, 4) is 0 Å². The number of rotatable bonds is 22. The normalized spacial score (nSPS) is 25.1. The van der Waals surface area contributed by atoms with Crippen LogP contribution in [0.4, 0.5) is 19.7 Å². The van der Waals surface area contributed by atoms with Crippen molar-refractivity contribution in [1.82, 2.24) is 26.2 Å². The molecule has 2 aliphatic rings. The minimum Gasteiger partial charge on any atom is -0.445 e. The summed E-state index contributed by atoms with van der Waals surface area (Å²) in [7, 11) is 0. The van der Waals surface area contributed by atoms with Crippen molar-refractivity contribution < 1.29 is 74.3 Å². The second-order valence-electron chi connectivity index (χ2n) is 15.1. The number of carbonyl (C=O) groups excluding carboxylic acids is 7. The largest absolute Gasteiger partial charge is 0.445 e. The molecule has 1 aromatic rings. The first-order chi connectivity index (χ1) is 28.7. The summed E-state index contributed by atoms with van der Waals surface area (Å²) in [5.41, 5.74) is 5.80. The molecule has 0 spiro atoms. The van der Waals surface area contributed by atoms with Gasteiger partial charge in [0.15, 0.2) is 12.0 Å². The zero-order valence-electron chi connectivity index (χ0n) is 34.7. The van der Waals surface area contributed by atoms with E-state index in [1.54, 1.807) is 13.8 Å². The zero-order valence-corrected chi connectivity index (χ0v) is 33.7. The molecule has 0 bridgehead atoms. The minimum atomic E-state index is -2.61. The molecule has 0 radical (unpaired) electrons. The fourth-order valence-electron chi connectivity index (χ4n) is 6.44. The summed E-state index contributed by atoms with van der Waals surface area (Å²) in [5.74, 6) is -5.63. The molecule has 2 aliphatic heterocycles. The van der Waals surface area contributed by atoms with Crippen LogP contribution in [-0.2, 0) is 40.1 Å². The van der Waals surface area contributed by atoms with E-state index in [0.29, 0.717) is 24.8 Å². The number of nitrogens with two attached hydrogens (primary N) is 1. The number of carbonyl (C=O) groups is 7. The van der Waals surface area contributed by atoms with Crippen molar-refractivity contribution in [3.05, 3.63) is 29.8 Å². The van der Waals surface area contributed by atoms with Crippen LogP contribution in [0.25, 0.3) is 0 Å². The van der Waals surface area contributed by atoms with Crippen LogP contribution in [0.1, 0.15) is 79.0 Å². The fourth-order valence-corrected chi connectivity index (χ4v) is 6.44. The predicted octanol–water partition coefficient (Wildman–Crippen LogP) is -1.48. The summed E-state index contributed by atoms with van der Waals surface area (Å²) in [5, 5.41) is 62.8. The Morgan fingerprint density at radius 3 is 2.33 bits per heavy atom. The number of alkyl carbamates (subject to hydrolysis) is 1. The second-order valence-corrected chi connectivity index (χ2v) is 15.1. The number of benzene rings is 1. The summed E-state index contributed by atoms with van der Waals surface area (Å²) < 4.78 is 32.6. The van der Waals surface area contributed by atoms with E-state index >= 15 is 0 Å². The first-order valence-corrected chi connectivity index (χ1v) is 19.6. The molecule has 1 aromatic carbocycles. The van der Waals surface area contributed by atoms with Gasteiger partial charge in [-0.25, -0.2) is 14.0 Å². The molecule has 10 atom stereocenters. The quantitative estimate of drug-likeness (QED) is 0.0469. The zero-order chi connectivity index (χ0) is 45.6. The van der Waals surface area contributed by atoms with Gasteiger partial charge in [-0.1, -0.05) is 32.4 Å². The number of aliphatic hydroxyl groups is 5. The summed E-state index contributed by atoms with van der Waals surface area (Å²) >= 11 is 0. The standard InChI is InChI=1S/C38H58FN7O14/c1-20(2)28(44-25(49)9-5-4-6-17-46-26(50)14-15-27(46)51)35(55)43-23(8-7-16-41-36(40)56)34(54)42-22-12-10-21(11-13-22)19-59-37(57)45-29-31(53)33(39)38(3,58)60-32(29)30(52)24(48)18-47/h10-13,20,23-24,28-33,47-48,52-53,58H,4-9,14-19H2,1-3H3,(H,42,54)(H,43,55)(H,44,49)(H,45,57)(H3,40,41,56)/t23?,24-,28?,29-,30-,31-,32-,33?,38?/m1/s1/i14T/t14?,23?,24-,28?,29-,30-,31-,32-,33?,38?. The Morgan fingerprint density at radius 1 is 1.05 bits per heavy atom. The predicted molar refractivity (Wildman–Crippen MR) is 208 cm³/mol. The smallest absolute Gasteiger partial charge is 0.407 e. The van der Waals surface area contributed by atoms with Crippen LogP contribution in [0.15, 0.2) is 24.3 Å². The molecule has 0 aliphatic carbocycles. The molecule has 2 heterocycles. The van der Waals surface area contributed by atoms with Crippen molar-refractivity contribution >= 4 is 47.3 Å². The minimum absolute atomic E-state index is 0.0528. The topological polar surface area (TPSA) is 329 Å². The molecule has 0 saturated carbocycles. The third-order valence-electron chi connectivity index (χ3n) is 9.87. The van der Waals surface area contributed by atoms with Gasteiger partial charge in [-0.05, 0) is 56.2 Å². The van der Waals surface area contributed by atoms with E-state index in [1.165, 1.54) is 24.3 Å². The number of alkyl halides is 1. The third-order valence-corrected chi connectivity index (χ3v) is 9.87. The Hall–Kier alpha value is -5.00. The molecule has 21 nitrogen and oxygen atoms in total. The van der Waals surface area contributed by atoms with Gasteiger partial charge in [0, 0.05) is 39.4 Å². The summed E-state index contributed by atoms with van der Waals surface area (Å²) in [6, 6.07) is 1.21. The number of aliphatic hydroxyl groups excluding tert-OH is 4. The fraction of sp³-hybridized carbons (Fsp3) is 0.658. The van der Waals surface area contributed by atoms with Gasteiger partial charge >= 0.3 is 12.1 Å². The number of likely N-dealkylation sites (tertiary alicyclic amines) is 1. The highest BCUT2D eigenvalue weighted by atomic mass is 19.1. The Bertz CT molecular complexity index is 1690. The maximum Gasteiger partial charge on any atom is 0.407 e. The maximum absolute atomic E-state index is 14.7. The number of urea groups is 1. The van der Waals surface area contributed by atoms with Crippen LogP contribution >= 0.6 is 0 Å². The highest BCUT2D eigenvalue weighted by Crippen LogP contribution is 2.32. The molecule has 5 unspecified atom stereocenters. The average molecular weight is 858 g/mol. The second kappa shape index (κ2) is 23.1. The number of ether oxygens (including phenoxy) is 2. The Morgan fingerprint density at radius 2 is 1.73 bits per heavy atom. The van der Waals surface area contributed by atoms with Crippen LogP contribution < -0.4 is 32.3 Å². The number of hydrogen-bond donors (Lipinski definition) is 11. The highest BCUT2D eigenvalue weighted by Gasteiger charge is 2.55. The molecule has 8 amide bonds. The number of primary amides is 1. The van der Waals surface area contributed by atoms with E-state index in [0.717, 1.165) is 11.8 Å². The lowest BCUT2D eigenvalue weighted by atomic mass is 9.88. The number of hydrogen-bond acceptors (Lipinski definition) is 14. The van der Waals surface area contributed by atoms with Crippen LogP contribution in [0, 0.1) is 5.92 Å². The molecule has 22 heteroatoms. The maximum atomic E-state index is 14.7. The first-order valence-electron chi connectivity index (χ1n) is 20.2. The van der Waals surface area contributed by atoms with E-state index in [2.05, 4.69) is 26.6 Å². The third kappa shape index (κ3) is 14.6. The molecular formula is C38H58FN7O14. The van der Waals surface area contributed by atoms with E-state index in [4.69, 9.17) is 16.6 Å². The molecule has 3 rings (SSSR count). The van der Waals surface area contributed by atoms with E-state index in [1.807, 2.05) is 0 Å². The van der Waals surface area contributed by atoms with Crippen LogP contribution in [0.3, 0.4) is 0 Å². The van der Waals surface area contributed by atoms with E-state index in [-0.39, 0.29) is 51.1 Å². The average Bonchev–Trinajstić information content (AvgIpc) is 3.45. The monoisotopic (exact) mass is 857 g/mol.